The van der Waals surface area contributed by atoms with Gasteiger partial charge in [0, 0.05) is 18.2 Å². The summed E-state index contributed by atoms with van der Waals surface area (Å²) < 4.78 is 34.7. The highest BCUT2D eigenvalue weighted by Crippen LogP contribution is 2.32. The molecule has 0 atom stereocenters. The standard InChI is InChI=1S/C28H23F2N3O2/c1-18-31-24-3-2-4-25(28(24)32-18)35-16-15-33-17-21(9-14-26(33)34)27(19-5-10-22(29)11-6-19)20-7-12-23(30)13-8-20/h2-14,17,27H,15-16H2,1H3,(H,31,32). The van der Waals surface area contributed by atoms with E-state index in [-0.39, 0.29) is 29.7 Å². The Morgan fingerprint density at radius 2 is 1.51 bits per heavy atom. The van der Waals surface area contributed by atoms with Crippen LogP contribution >= 0.6 is 0 Å². The Hall–Kier alpha value is -4.26. The number of aromatic amines is 1. The van der Waals surface area contributed by atoms with Crippen LogP contribution in [-0.2, 0) is 6.54 Å². The number of pyridine rings is 1. The molecule has 0 saturated heterocycles. The molecule has 35 heavy (non-hydrogen) atoms. The summed E-state index contributed by atoms with van der Waals surface area (Å²) in [5.41, 5.74) is 3.97. The van der Waals surface area contributed by atoms with Crippen LogP contribution in [0.1, 0.15) is 28.4 Å². The van der Waals surface area contributed by atoms with E-state index in [2.05, 4.69) is 9.97 Å². The van der Waals surface area contributed by atoms with E-state index in [1.807, 2.05) is 25.1 Å². The van der Waals surface area contributed by atoms with Crippen molar-refractivity contribution in [3.8, 4) is 5.75 Å². The highest BCUT2D eigenvalue weighted by molar-refractivity contribution is 5.81. The molecule has 5 aromatic rings. The smallest absolute Gasteiger partial charge is 0.250 e. The van der Waals surface area contributed by atoms with E-state index in [0.29, 0.717) is 12.3 Å². The minimum Gasteiger partial charge on any atom is -0.489 e. The molecule has 0 bridgehead atoms. The number of H-pyrrole nitrogens is 1. The first-order valence-electron chi connectivity index (χ1n) is 11.3. The first-order chi connectivity index (χ1) is 17.0. The molecule has 2 heterocycles. The van der Waals surface area contributed by atoms with Crippen LogP contribution in [0.5, 0.6) is 5.75 Å². The molecule has 3 aromatic carbocycles. The lowest BCUT2D eigenvalue weighted by atomic mass is 9.86. The van der Waals surface area contributed by atoms with Gasteiger partial charge in [-0.05, 0) is 60.0 Å². The van der Waals surface area contributed by atoms with Crippen molar-refractivity contribution < 1.29 is 13.5 Å². The van der Waals surface area contributed by atoms with E-state index in [1.54, 1.807) is 41.1 Å². The minimum atomic E-state index is -0.337. The summed E-state index contributed by atoms with van der Waals surface area (Å²) in [5.74, 6) is 0.468. The molecule has 7 heteroatoms. The molecule has 0 aliphatic rings. The van der Waals surface area contributed by atoms with Crippen molar-refractivity contribution in [3.63, 3.8) is 0 Å². The number of nitrogens with zero attached hydrogens (tertiary/aromatic N) is 2. The maximum absolute atomic E-state index is 13.6. The van der Waals surface area contributed by atoms with Gasteiger partial charge in [-0.2, -0.15) is 0 Å². The predicted octanol–water partition coefficient (Wildman–Crippen LogP) is 5.57. The molecule has 0 spiro atoms. The molecule has 5 rings (SSSR count). The summed E-state index contributed by atoms with van der Waals surface area (Å²) in [6.07, 6.45) is 1.78. The molecule has 0 aliphatic heterocycles. The maximum Gasteiger partial charge on any atom is 0.250 e. The fourth-order valence-corrected chi connectivity index (χ4v) is 4.28. The van der Waals surface area contributed by atoms with Crippen molar-refractivity contribution in [3.05, 3.63) is 130 Å². The molecule has 0 radical (unpaired) electrons. The van der Waals surface area contributed by atoms with Crippen molar-refractivity contribution in [2.75, 3.05) is 6.61 Å². The quantitative estimate of drug-likeness (QED) is 0.338. The van der Waals surface area contributed by atoms with Gasteiger partial charge in [0.05, 0.1) is 12.1 Å². The third kappa shape index (κ3) is 4.84. The van der Waals surface area contributed by atoms with E-state index in [4.69, 9.17) is 4.74 Å². The first kappa shape index (κ1) is 22.5. The lowest BCUT2D eigenvalue weighted by Gasteiger charge is -2.20. The van der Waals surface area contributed by atoms with E-state index >= 15 is 0 Å². The number of imidazole rings is 1. The highest BCUT2D eigenvalue weighted by Gasteiger charge is 2.18. The Kier molecular flexibility index (Phi) is 6.14. The third-order valence-electron chi connectivity index (χ3n) is 5.93. The van der Waals surface area contributed by atoms with E-state index in [9.17, 15) is 13.6 Å². The summed E-state index contributed by atoms with van der Waals surface area (Å²) in [6, 6.07) is 21.3. The molecule has 5 nitrogen and oxygen atoms in total. The van der Waals surface area contributed by atoms with Gasteiger partial charge in [0.15, 0.2) is 0 Å². The second-order valence-electron chi connectivity index (χ2n) is 8.35. The van der Waals surface area contributed by atoms with Gasteiger partial charge in [-0.1, -0.05) is 36.4 Å². The van der Waals surface area contributed by atoms with Crippen molar-refractivity contribution in [2.24, 2.45) is 0 Å². The van der Waals surface area contributed by atoms with E-state index in [1.165, 1.54) is 30.3 Å². The molecule has 0 fully saturated rings. The van der Waals surface area contributed by atoms with Gasteiger partial charge in [0.2, 0.25) is 0 Å². The van der Waals surface area contributed by atoms with Crippen molar-refractivity contribution in [2.45, 2.75) is 19.4 Å². The number of rotatable bonds is 7. The fourth-order valence-electron chi connectivity index (χ4n) is 4.28. The first-order valence-corrected chi connectivity index (χ1v) is 11.3. The summed E-state index contributed by atoms with van der Waals surface area (Å²) in [5, 5.41) is 0. The normalized spacial score (nSPS) is 11.3. The highest BCUT2D eigenvalue weighted by atomic mass is 19.1. The van der Waals surface area contributed by atoms with Gasteiger partial charge < -0.3 is 14.3 Å². The number of nitrogens with one attached hydrogen (secondary N) is 1. The monoisotopic (exact) mass is 471 g/mol. The summed E-state index contributed by atoms with van der Waals surface area (Å²) in [6.45, 7) is 2.48. The lowest BCUT2D eigenvalue weighted by molar-refractivity contribution is 0.299. The average molecular weight is 472 g/mol. The average Bonchev–Trinajstić information content (AvgIpc) is 3.24. The van der Waals surface area contributed by atoms with Crippen molar-refractivity contribution in [1.82, 2.24) is 14.5 Å². The van der Waals surface area contributed by atoms with Gasteiger partial charge in [-0.3, -0.25) is 4.79 Å². The lowest BCUT2D eigenvalue weighted by Crippen LogP contribution is -2.23. The summed E-state index contributed by atoms with van der Waals surface area (Å²) >= 11 is 0. The summed E-state index contributed by atoms with van der Waals surface area (Å²) in [7, 11) is 0. The molecule has 176 valence electrons. The van der Waals surface area contributed by atoms with Gasteiger partial charge in [-0.25, -0.2) is 13.8 Å². The van der Waals surface area contributed by atoms with Gasteiger partial charge in [0.25, 0.3) is 5.56 Å². The number of aryl methyl sites for hydroxylation is 1. The Balaban J connectivity index is 1.43. The Bertz CT molecular complexity index is 1480. The number of hydrogen-bond acceptors (Lipinski definition) is 3. The molecule has 0 amide bonds. The number of fused-ring (bicyclic) bond motifs is 1. The number of hydrogen-bond donors (Lipinski definition) is 1. The molecular weight excluding hydrogens is 448 g/mol. The van der Waals surface area contributed by atoms with Crippen LogP contribution in [0.3, 0.4) is 0 Å². The second kappa shape index (κ2) is 9.54. The number of para-hydroxylation sites is 1. The Labute approximate surface area is 200 Å². The number of halogens is 2. The minimum absolute atomic E-state index is 0.164. The Morgan fingerprint density at radius 1 is 0.886 bits per heavy atom. The number of aromatic nitrogens is 3. The van der Waals surface area contributed by atoms with Crippen LogP contribution in [0.25, 0.3) is 11.0 Å². The van der Waals surface area contributed by atoms with E-state index < -0.39 is 0 Å². The zero-order chi connectivity index (χ0) is 24.4. The van der Waals surface area contributed by atoms with Gasteiger partial charge in [0.1, 0.15) is 35.3 Å². The van der Waals surface area contributed by atoms with Gasteiger partial charge in [-0.15, -0.1) is 0 Å². The number of benzene rings is 3. The fraction of sp³-hybridized carbons (Fsp3) is 0.143. The molecule has 2 aromatic heterocycles. The number of ether oxygens (including phenoxy) is 1. The van der Waals surface area contributed by atoms with Crippen LogP contribution < -0.4 is 10.3 Å². The molecule has 0 aliphatic carbocycles. The summed E-state index contributed by atoms with van der Waals surface area (Å²) in [4.78, 5) is 20.3. The topological polar surface area (TPSA) is 59.9 Å². The van der Waals surface area contributed by atoms with Crippen LogP contribution in [0, 0.1) is 18.6 Å². The maximum atomic E-state index is 13.6. The zero-order valence-corrected chi connectivity index (χ0v) is 19.0. The van der Waals surface area contributed by atoms with Crippen LogP contribution in [-0.4, -0.2) is 21.1 Å². The predicted molar refractivity (Wildman–Crippen MR) is 131 cm³/mol. The third-order valence-corrected chi connectivity index (χ3v) is 5.93. The van der Waals surface area contributed by atoms with Crippen LogP contribution in [0.4, 0.5) is 8.78 Å². The van der Waals surface area contributed by atoms with Gasteiger partial charge >= 0.3 is 0 Å². The largest absolute Gasteiger partial charge is 0.489 e. The van der Waals surface area contributed by atoms with Crippen LogP contribution in [0.15, 0.2) is 89.9 Å². The van der Waals surface area contributed by atoms with Crippen molar-refractivity contribution in [1.29, 1.82) is 0 Å². The zero-order valence-electron chi connectivity index (χ0n) is 19.0. The van der Waals surface area contributed by atoms with Crippen LogP contribution in [0.2, 0.25) is 0 Å². The Morgan fingerprint density at radius 3 is 2.17 bits per heavy atom. The molecule has 1 N–H and O–H groups in total. The molecule has 0 unspecified atom stereocenters. The van der Waals surface area contributed by atoms with Crippen molar-refractivity contribution >= 4 is 11.0 Å². The van der Waals surface area contributed by atoms with E-state index in [0.717, 1.165) is 33.5 Å². The second-order valence-corrected chi connectivity index (χ2v) is 8.35. The SMILES string of the molecule is Cc1nc2c(OCCn3cc(C(c4ccc(F)cc4)c4ccc(F)cc4)ccc3=O)cccc2[nH]1. The molecule has 0 saturated carbocycles. The molecular formula is C28H23F2N3O2.